The van der Waals surface area contributed by atoms with Gasteiger partial charge in [0.25, 0.3) is 0 Å². The molecule has 1 N–H and O–H groups in total. The van der Waals surface area contributed by atoms with Gasteiger partial charge < -0.3 is 18.7 Å². The number of ether oxygens (including phenoxy) is 2. The van der Waals surface area contributed by atoms with E-state index in [0.29, 0.717) is 25.7 Å². The Bertz CT molecular complexity index is 1200. The molecule has 0 bridgehead atoms. The molecule has 46 heavy (non-hydrogen) atoms. The number of esters is 1. The van der Waals surface area contributed by atoms with E-state index in [4.69, 9.17) is 13.9 Å². The van der Waals surface area contributed by atoms with Gasteiger partial charge in [-0.2, -0.15) is 13.2 Å². The zero-order valence-electron chi connectivity index (χ0n) is 29.4. The fourth-order valence-electron chi connectivity index (χ4n) is 5.46. The van der Waals surface area contributed by atoms with Crippen LogP contribution in [0.5, 0.6) is 5.75 Å². The Labute approximate surface area is 277 Å². The van der Waals surface area contributed by atoms with Crippen molar-refractivity contribution < 1.29 is 36.7 Å². The fraction of sp³-hybridized carbons (Fsp3) is 0.639. The number of benzene rings is 1. The highest BCUT2D eigenvalue weighted by Gasteiger charge is 2.49. The molecule has 0 amide bonds. The number of carbonyl (C=O) groups excluding carboxylic acids is 1. The van der Waals surface area contributed by atoms with E-state index in [1.807, 2.05) is 33.0 Å². The molecule has 0 aromatic heterocycles. The Morgan fingerprint density at radius 2 is 1.72 bits per heavy atom. The standard InChI is InChI=1S/C36H57F3O5Si2/c1-12-14-19-33(40)43-31-23-32(44-46(10,11)34(3,4)5)30(29(31)16-13-2)21-20-26(24-35(6,7)45(8,9)41)25-42-28-18-15-17-27(22-28)36(37,38)39/h12-13,15,17-18,20-22,26,29-32,41H,1-2,14,16,19,23-25H2,3-11H3/b21-20+/t26-,29+,30+,31-,32+/m0/s1. The van der Waals surface area contributed by atoms with Crippen LogP contribution in [0.1, 0.15) is 72.3 Å². The average Bonchev–Trinajstić information content (AvgIpc) is 3.21. The van der Waals surface area contributed by atoms with Gasteiger partial charge in [0.15, 0.2) is 16.6 Å². The number of allylic oxidation sites excluding steroid dienone is 2. The van der Waals surface area contributed by atoms with Crippen molar-refractivity contribution in [2.45, 2.75) is 121 Å². The second-order valence-corrected chi connectivity index (χ2v) is 24.6. The topological polar surface area (TPSA) is 65.0 Å². The van der Waals surface area contributed by atoms with Crippen molar-refractivity contribution >= 4 is 22.6 Å². The molecule has 1 aromatic carbocycles. The monoisotopic (exact) mass is 682 g/mol. The Morgan fingerprint density at radius 3 is 2.26 bits per heavy atom. The summed E-state index contributed by atoms with van der Waals surface area (Å²) in [4.78, 5) is 23.8. The minimum Gasteiger partial charge on any atom is -0.493 e. The number of rotatable bonds is 16. The lowest BCUT2D eigenvalue weighted by molar-refractivity contribution is -0.151. The van der Waals surface area contributed by atoms with Crippen LogP contribution >= 0.6 is 0 Å². The Hall–Kier alpha value is -2.15. The first kappa shape index (κ1) is 40.0. The van der Waals surface area contributed by atoms with Gasteiger partial charge in [0.1, 0.15) is 11.9 Å². The van der Waals surface area contributed by atoms with Gasteiger partial charge >= 0.3 is 12.1 Å². The van der Waals surface area contributed by atoms with Crippen molar-refractivity contribution in [2.24, 2.45) is 17.8 Å². The molecule has 1 fully saturated rings. The maximum Gasteiger partial charge on any atom is 0.416 e. The Kier molecular flexibility index (Phi) is 13.8. The van der Waals surface area contributed by atoms with Gasteiger partial charge in [0.2, 0.25) is 0 Å². The maximum atomic E-state index is 13.4. The lowest BCUT2D eigenvalue weighted by Crippen LogP contribution is -2.45. The molecule has 5 nitrogen and oxygen atoms in total. The number of hydrogen-bond acceptors (Lipinski definition) is 5. The summed E-state index contributed by atoms with van der Waals surface area (Å²) in [5.74, 6) is -0.488. The highest BCUT2D eigenvalue weighted by Crippen LogP contribution is 2.46. The molecule has 260 valence electrons. The predicted octanol–water partition coefficient (Wildman–Crippen LogP) is 10.1. The van der Waals surface area contributed by atoms with Crippen LogP contribution in [-0.2, 0) is 20.1 Å². The molecule has 0 spiro atoms. The van der Waals surface area contributed by atoms with Crippen LogP contribution in [0.4, 0.5) is 13.2 Å². The third-order valence-corrected chi connectivity index (χ3v) is 18.1. The summed E-state index contributed by atoms with van der Waals surface area (Å²) in [5.41, 5.74) is -0.765. The number of halogens is 3. The van der Waals surface area contributed by atoms with Crippen LogP contribution in [0.2, 0.25) is 36.3 Å². The summed E-state index contributed by atoms with van der Waals surface area (Å²) in [6, 6.07) is 4.91. The minimum absolute atomic E-state index is 0.0311. The highest BCUT2D eigenvalue weighted by molar-refractivity contribution is 6.74. The first-order chi connectivity index (χ1) is 21.0. The van der Waals surface area contributed by atoms with Gasteiger partial charge in [-0.1, -0.05) is 65.0 Å². The summed E-state index contributed by atoms with van der Waals surface area (Å²) in [6.07, 6.45) is 5.30. The summed E-state index contributed by atoms with van der Waals surface area (Å²) in [7, 11) is -4.83. The first-order valence-electron chi connectivity index (χ1n) is 16.3. The van der Waals surface area contributed by atoms with Crippen LogP contribution in [0.25, 0.3) is 0 Å². The van der Waals surface area contributed by atoms with Gasteiger partial charge in [-0.15, -0.1) is 13.2 Å². The maximum absolute atomic E-state index is 13.4. The predicted molar refractivity (Wildman–Crippen MR) is 186 cm³/mol. The van der Waals surface area contributed by atoms with Crippen molar-refractivity contribution in [3.8, 4) is 5.75 Å². The zero-order valence-corrected chi connectivity index (χ0v) is 31.4. The molecule has 0 heterocycles. The molecular weight excluding hydrogens is 626 g/mol. The Balaban J connectivity index is 2.49. The molecule has 0 saturated heterocycles. The molecule has 1 aliphatic rings. The van der Waals surface area contributed by atoms with Gasteiger partial charge in [-0.25, -0.2) is 0 Å². The highest BCUT2D eigenvalue weighted by atomic mass is 28.4. The first-order valence-corrected chi connectivity index (χ1v) is 22.2. The summed E-state index contributed by atoms with van der Waals surface area (Å²) >= 11 is 0. The van der Waals surface area contributed by atoms with E-state index in [-0.39, 0.29) is 59.7 Å². The number of carbonyl (C=O) groups is 1. The zero-order chi connectivity index (χ0) is 35.1. The van der Waals surface area contributed by atoms with Crippen LogP contribution in [0.3, 0.4) is 0 Å². The lowest BCUT2D eigenvalue weighted by Gasteiger charge is -2.40. The van der Waals surface area contributed by atoms with Crippen LogP contribution < -0.4 is 4.74 Å². The molecule has 1 aliphatic carbocycles. The molecule has 1 saturated carbocycles. The van der Waals surface area contributed by atoms with Crippen molar-refractivity contribution in [3.05, 3.63) is 67.3 Å². The SMILES string of the molecule is C=CCCC(=O)O[C@H]1C[C@@H](O[Si](C)(C)C(C)(C)C)[C@H](/C=C/[C@H](COc2cccc(C(F)(F)F)c2)CC(C)(C)[Si](C)(C)O)[C@H]1CC=C. The van der Waals surface area contributed by atoms with Crippen LogP contribution in [0.15, 0.2) is 61.7 Å². The second kappa shape index (κ2) is 15.8. The molecule has 0 unspecified atom stereocenters. The minimum atomic E-state index is -4.47. The van der Waals surface area contributed by atoms with Gasteiger partial charge in [0.05, 0.1) is 18.3 Å². The Morgan fingerprint density at radius 1 is 1.07 bits per heavy atom. The number of alkyl halides is 3. The molecule has 0 aliphatic heterocycles. The van der Waals surface area contributed by atoms with Crippen molar-refractivity contribution in [2.75, 3.05) is 6.61 Å². The van der Waals surface area contributed by atoms with E-state index in [1.165, 1.54) is 12.1 Å². The van der Waals surface area contributed by atoms with E-state index in [1.54, 1.807) is 6.08 Å². The molecule has 2 rings (SSSR count). The normalized spacial score (nSPS) is 22.1. The van der Waals surface area contributed by atoms with Gasteiger partial charge in [0, 0.05) is 30.6 Å². The van der Waals surface area contributed by atoms with Gasteiger partial charge in [-0.3, -0.25) is 4.79 Å². The second-order valence-electron chi connectivity index (χ2n) is 15.4. The van der Waals surface area contributed by atoms with E-state index < -0.39 is 33.4 Å². The summed E-state index contributed by atoms with van der Waals surface area (Å²) in [6.45, 7) is 26.7. The fourth-order valence-corrected chi connectivity index (χ4v) is 7.58. The summed E-state index contributed by atoms with van der Waals surface area (Å²) in [5, 5.41) is -0.438. The smallest absolute Gasteiger partial charge is 0.416 e. The van der Waals surface area contributed by atoms with Crippen molar-refractivity contribution in [1.29, 1.82) is 0 Å². The van der Waals surface area contributed by atoms with E-state index >= 15 is 0 Å². The third-order valence-electron chi connectivity index (χ3n) is 10.1. The van der Waals surface area contributed by atoms with Crippen LogP contribution in [0, 0.1) is 17.8 Å². The molecular formula is C36H57F3O5Si2. The summed E-state index contributed by atoms with van der Waals surface area (Å²) < 4.78 is 59.1. The molecule has 0 radical (unpaired) electrons. The largest absolute Gasteiger partial charge is 0.493 e. The van der Waals surface area contributed by atoms with Crippen molar-refractivity contribution in [1.82, 2.24) is 0 Å². The van der Waals surface area contributed by atoms with Crippen molar-refractivity contribution in [3.63, 3.8) is 0 Å². The van der Waals surface area contributed by atoms with E-state index in [0.717, 1.165) is 12.1 Å². The average molecular weight is 683 g/mol. The van der Waals surface area contributed by atoms with E-state index in [9.17, 15) is 22.8 Å². The quantitative estimate of drug-likeness (QED) is 0.107. The van der Waals surface area contributed by atoms with Gasteiger partial charge in [-0.05, 0) is 73.7 Å². The van der Waals surface area contributed by atoms with Crippen LogP contribution in [-0.4, -0.2) is 46.2 Å². The molecule has 5 atom stereocenters. The van der Waals surface area contributed by atoms with E-state index in [2.05, 4.69) is 59.2 Å². The lowest BCUT2D eigenvalue weighted by atomic mass is 9.88. The number of hydrogen-bond donors (Lipinski definition) is 1. The molecule has 10 heteroatoms. The molecule has 1 aromatic rings. The third kappa shape index (κ3) is 11.2.